The fraction of sp³-hybridized carbons (Fsp3) is 0. The van der Waals surface area contributed by atoms with Gasteiger partial charge in [-0.15, -0.1) is 4.98 Å². The van der Waals surface area contributed by atoms with Gasteiger partial charge in [0.05, 0.1) is 18.6 Å². The molecule has 0 atom stereocenters. The van der Waals surface area contributed by atoms with Gasteiger partial charge < -0.3 is 0 Å². The molecule has 0 bridgehead atoms. The summed E-state index contributed by atoms with van der Waals surface area (Å²) >= 11 is 0. The number of aromatic nitrogens is 5. The summed E-state index contributed by atoms with van der Waals surface area (Å²) < 4.78 is 1.72. The third-order valence-electron chi connectivity index (χ3n) is 2.06. The van der Waals surface area contributed by atoms with E-state index in [1.54, 1.807) is 29.1 Å². The SMILES string of the molecule is O=c1[nH]c2nccc[n+]2c2n[nH]cc12. The van der Waals surface area contributed by atoms with Gasteiger partial charge in [-0.1, -0.05) is 5.10 Å². The van der Waals surface area contributed by atoms with E-state index in [9.17, 15) is 4.79 Å². The Balaban J connectivity index is 2.73. The highest BCUT2D eigenvalue weighted by atomic mass is 16.1. The summed E-state index contributed by atoms with van der Waals surface area (Å²) in [6.07, 6.45) is 4.97. The van der Waals surface area contributed by atoms with Crippen LogP contribution < -0.4 is 9.96 Å². The summed E-state index contributed by atoms with van der Waals surface area (Å²) in [5, 5.41) is 7.16. The summed E-state index contributed by atoms with van der Waals surface area (Å²) in [7, 11) is 0. The van der Waals surface area contributed by atoms with Gasteiger partial charge in [0.15, 0.2) is 0 Å². The Hall–Kier alpha value is -2.24. The first-order chi connectivity index (χ1) is 6.86. The van der Waals surface area contributed by atoms with Crippen molar-refractivity contribution in [1.82, 2.24) is 20.2 Å². The minimum atomic E-state index is -0.188. The van der Waals surface area contributed by atoms with Gasteiger partial charge in [-0.2, -0.15) is 4.40 Å². The summed E-state index contributed by atoms with van der Waals surface area (Å²) in [6.45, 7) is 0. The molecule has 3 heterocycles. The Morgan fingerprint density at radius 2 is 2.36 bits per heavy atom. The molecule has 0 spiro atoms. The molecular weight excluding hydrogens is 182 g/mol. The predicted octanol–water partition coefficient (Wildman–Crippen LogP) is -0.615. The number of hydrogen-bond donors (Lipinski definition) is 2. The maximum Gasteiger partial charge on any atom is 0.359 e. The molecular formula is C8H6N5O+. The van der Waals surface area contributed by atoms with Crippen molar-refractivity contribution in [2.24, 2.45) is 0 Å². The van der Waals surface area contributed by atoms with Crippen LogP contribution in [0.5, 0.6) is 0 Å². The molecule has 2 N–H and O–H groups in total. The molecule has 0 saturated carbocycles. The number of H-pyrrole nitrogens is 2. The molecule has 3 aromatic heterocycles. The highest BCUT2D eigenvalue weighted by Crippen LogP contribution is 1.97. The lowest BCUT2D eigenvalue weighted by molar-refractivity contribution is -0.489. The molecule has 0 saturated heterocycles. The first-order valence-corrected chi connectivity index (χ1v) is 4.08. The normalized spacial score (nSPS) is 11.1. The maximum absolute atomic E-state index is 11.5. The largest absolute Gasteiger partial charge is 0.359 e. The van der Waals surface area contributed by atoms with E-state index in [2.05, 4.69) is 20.2 Å². The van der Waals surface area contributed by atoms with E-state index < -0.39 is 0 Å². The molecule has 6 nitrogen and oxygen atoms in total. The highest BCUT2D eigenvalue weighted by molar-refractivity contribution is 5.69. The first-order valence-electron chi connectivity index (χ1n) is 4.08. The number of hydrogen-bond acceptors (Lipinski definition) is 3. The van der Waals surface area contributed by atoms with Crippen LogP contribution in [0.4, 0.5) is 0 Å². The minimum Gasteiger partial charge on any atom is -0.255 e. The van der Waals surface area contributed by atoms with Crippen LogP contribution in [0, 0.1) is 0 Å². The van der Waals surface area contributed by atoms with E-state index >= 15 is 0 Å². The molecule has 0 amide bonds. The minimum absolute atomic E-state index is 0.188. The van der Waals surface area contributed by atoms with Gasteiger partial charge >= 0.3 is 11.3 Å². The third kappa shape index (κ3) is 0.792. The molecule has 0 unspecified atom stereocenters. The Kier molecular flexibility index (Phi) is 1.22. The second-order valence-electron chi connectivity index (χ2n) is 2.89. The second kappa shape index (κ2) is 2.38. The lowest BCUT2D eigenvalue weighted by Crippen LogP contribution is -2.29. The summed E-state index contributed by atoms with van der Waals surface area (Å²) in [6, 6.07) is 1.78. The standard InChI is InChI=1S/C8H5N5O/c14-7-5-4-10-12-6(5)13-3-1-2-9-8(13)11-7/h1-4H,(H,10,12,14)/p+1. The van der Waals surface area contributed by atoms with E-state index in [1.165, 1.54) is 0 Å². The second-order valence-corrected chi connectivity index (χ2v) is 2.89. The van der Waals surface area contributed by atoms with Crippen LogP contribution in [0.2, 0.25) is 0 Å². The van der Waals surface area contributed by atoms with Crippen LogP contribution >= 0.6 is 0 Å². The third-order valence-corrected chi connectivity index (χ3v) is 2.06. The number of fused-ring (bicyclic) bond motifs is 3. The van der Waals surface area contributed by atoms with Crippen molar-refractivity contribution in [3.05, 3.63) is 35.0 Å². The van der Waals surface area contributed by atoms with Crippen molar-refractivity contribution in [3.63, 3.8) is 0 Å². The van der Waals surface area contributed by atoms with Crippen LogP contribution in [0.3, 0.4) is 0 Å². The zero-order valence-corrected chi connectivity index (χ0v) is 7.06. The van der Waals surface area contributed by atoms with Crippen molar-refractivity contribution < 1.29 is 4.40 Å². The van der Waals surface area contributed by atoms with Gasteiger partial charge in [-0.05, 0) is 6.07 Å². The number of nitrogens with zero attached hydrogens (tertiary/aromatic N) is 3. The number of rotatable bonds is 0. The van der Waals surface area contributed by atoms with Gasteiger partial charge in [-0.25, -0.2) is 10.1 Å². The molecule has 3 rings (SSSR count). The van der Waals surface area contributed by atoms with E-state index in [-0.39, 0.29) is 5.56 Å². The van der Waals surface area contributed by atoms with Crippen molar-refractivity contribution in [2.75, 3.05) is 0 Å². The average molecular weight is 188 g/mol. The van der Waals surface area contributed by atoms with Crippen molar-refractivity contribution in [3.8, 4) is 0 Å². The Morgan fingerprint density at radius 1 is 1.43 bits per heavy atom. The topological polar surface area (TPSA) is 78.5 Å². The molecule has 0 radical (unpaired) electrons. The molecule has 3 aromatic rings. The molecule has 0 aliphatic heterocycles. The maximum atomic E-state index is 11.5. The molecule has 14 heavy (non-hydrogen) atoms. The van der Waals surface area contributed by atoms with Gasteiger partial charge in [0.25, 0.3) is 5.65 Å². The molecule has 0 aliphatic carbocycles. The summed E-state index contributed by atoms with van der Waals surface area (Å²) in [5.41, 5.74) is 0.393. The van der Waals surface area contributed by atoms with Crippen LogP contribution in [-0.4, -0.2) is 20.2 Å². The first kappa shape index (κ1) is 7.19. The number of aromatic amines is 2. The Morgan fingerprint density at radius 3 is 3.29 bits per heavy atom. The van der Waals surface area contributed by atoms with Gasteiger partial charge in [-0.3, -0.25) is 4.79 Å². The predicted molar refractivity (Wildman–Crippen MR) is 47.7 cm³/mol. The highest BCUT2D eigenvalue weighted by Gasteiger charge is 2.12. The number of nitrogens with one attached hydrogen (secondary N) is 2. The fourth-order valence-electron chi connectivity index (χ4n) is 1.44. The van der Waals surface area contributed by atoms with E-state index in [1.807, 2.05) is 0 Å². The Labute approximate surface area is 77.2 Å². The smallest absolute Gasteiger partial charge is 0.255 e. The van der Waals surface area contributed by atoms with Crippen LogP contribution in [-0.2, 0) is 0 Å². The van der Waals surface area contributed by atoms with Crippen LogP contribution in [0.15, 0.2) is 29.5 Å². The van der Waals surface area contributed by atoms with Crippen molar-refractivity contribution in [1.29, 1.82) is 0 Å². The lowest BCUT2D eigenvalue weighted by Gasteiger charge is -1.90. The van der Waals surface area contributed by atoms with Gasteiger partial charge in [0.1, 0.15) is 5.39 Å². The van der Waals surface area contributed by atoms with Gasteiger partial charge in [0.2, 0.25) is 0 Å². The van der Waals surface area contributed by atoms with E-state index in [4.69, 9.17) is 0 Å². The molecule has 0 aromatic carbocycles. The van der Waals surface area contributed by atoms with Crippen molar-refractivity contribution in [2.45, 2.75) is 0 Å². The summed E-state index contributed by atoms with van der Waals surface area (Å²) in [4.78, 5) is 18.2. The lowest BCUT2D eigenvalue weighted by atomic mass is 10.4. The zero-order chi connectivity index (χ0) is 9.54. The van der Waals surface area contributed by atoms with Gasteiger partial charge in [0, 0.05) is 0 Å². The molecule has 0 fully saturated rings. The van der Waals surface area contributed by atoms with E-state index in [0.29, 0.717) is 16.8 Å². The molecule has 6 heteroatoms. The van der Waals surface area contributed by atoms with E-state index in [0.717, 1.165) is 0 Å². The summed E-state index contributed by atoms with van der Waals surface area (Å²) in [5.74, 6) is 0.483. The average Bonchev–Trinajstić information content (AvgIpc) is 2.67. The van der Waals surface area contributed by atoms with Crippen molar-refractivity contribution >= 4 is 16.8 Å². The van der Waals surface area contributed by atoms with Crippen LogP contribution in [0.25, 0.3) is 16.8 Å². The van der Waals surface area contributed by atoms with Crippen LogP contribution in [0.1, 0.15) is 0 Å². The zero-order valence-electron chi connectivity index (χ0n) is 7.06. The molecule has 0 aliphatic rings. The Bertz CT molecular complexity index is 668. The quantitative estimate of drug-likeness (QED) is 0.462. The fourth-order valence-corrected chi connectivity index (χ4v) is 1.44. The monoisotopic (exact) mass is 188 g/mol. The molecule has 68 valence electrons.